The van der Waals surface area contributed by atoms with E-state index in [0.717, 1.165) is 5.92 Å². The summed E-state index contributed by atoms with van der Waals surface area (Å²) in [5.74, 6) is 2.04. The predicted octanol–water partition coefficient (Wildman–Crippen LogP) is 4.89. The number of thiocarbonyl (C=S) groups is 1. The van der Waals surface area contributed by atoms with Crippen LogP contribution in [-0.4, -0.2) is 11.2 Å². The summed E-state index contributed by atoms with van der Waals surface area (Å²) in [7, 11) is 0. The van der Waals surface area contributed by atoms with Crippen LogP contribution in [0.2, 0.25) is 0 Å². The van der Waals surface area contributed by atoms with Crippen LogP contribution in [0.3, 0.4) is 0 Å². The average molecular weight is 263 g/mol. The number of hydrogen-bond acceptors (Lipinski definition) is 2. The van der Waals surface area contributed by atoms with Crippen molar-refractivity contribution in [3.63, 3.8) is 0 Å². The lowest BCUT2D eigenvalue weighted by atomic mass is 9.64. The van der Waals surface area contributed by atoms with Crippen LogP contribution in [0.4, 0.5) is 0 Å². The second-order valence-corrected chi connectivity index (χ2v) is 6.79. The molecule has 0 amide bonds. The van der Waals surface area contributed by atoms with Gasteiger partial charge < -0.3 is 0 Å². The van der Waals surface area contributed by atoms with Gasteiger partial charge in [0.2, 0.25) is 0 Å². The number of allylic oxidation sites excluding steroid dienone is 1. The molecule has 1 nitrogen and oxygen atoms in total. The highest BCUT2D eigenvalue weighted by atomic mass is 32.1. The van der Waals surface area contributed by atoms with Gasteiger partial charge in [-0.3, -0.25) is 0 Å². The van der Waals surface area contributed by atoms with E-state index in [0.29, 0.717) is 17.9 Å². The zero-order chi connectivity index (χ0) is 13.3. The standard InChI is InChI=1S/C16H25NS/c1-11(2)14-6-5-13(4)16(9-14)8-7-12(3)15(16)17-10-18/h9,11-13,15H,5-8H2,1-4H3. The van der Waals surface area contributed by atoms with E-state index >= 15 is 0 Å². The van der Waals surface area contributed by atoms with E-state index in [9.17, 15) is 0 Å². The van der Waals surface area contributed by atoms with E-state index in [2.05, 4.69) is 43.9 Å². The van der Waals surface area contributed by atoms with E-state index in [1.807, 2.05) is 0 Å². The van der Waals surface area contributed by atoms with Crippen molar-refractivity contribution in [2.75, 3.05) is 0 Å². The molecule has 2 heteroatoms. The van der Waals surface area contributed by atoms with Gasteiger partial charge in [-0.2, -0.15) is 0 Å². The lowest BCUT2D eigenvalue weighted by Crippen LogP contribution is -2.38. The Balaban J connectivity index is 2.42. The molecule has 4 unspecified atom stereocenters. The van der Waals surface area contributed by atoms with Gasteiger partial charge in [0.15, 0.2) is 0 Å². The number of aliphatic imine (C=N–C) groups is 1. The third kappa shape index (κ3) is 2.21. The Bertz CT molecular complexity index is 392. The summed E-state index contributed by atoms with van der Waals surface area (Å²) in [5.41, 5.74) is 1.90. The fourth-order valence-corrected chi connectivity index (χ4v) is 4.09. The van der Waals surface area contributed by atoms with Crippen LogP contribution in [0.25, 0.3) is 0 Å². The molecule has 0 heterocycles. The molecular weight excluding hydrogens is 238 g/mol. The van der Waals surface area contributed by atoms with Crippen molar-refractivity contribution >= 4 is 17.4 Å². The zero-order valence-corrected chi connectivity index (χ0v) is 12.9. The predicted molar refractivity (Wildman–Crippen MR) is 81.0 cm³/mol. The molecule has 0 aliphatic heterocycles. The van der Waals surface area contributed by atoms with Crippen molar-refractivity contribution in [3.8, 4) is 0 Å². The largest absolute Gasteiger partial charge is 0.228 e. The maximum absolute atomic E-state index is 4.88. The second-order valence-electron chi connectivity index (χ2n) is 6.61. The Hall–Kier alpha value is -0.460. The van der Waals surface area contributed by atoms with Gasteiger partial charge in [-0.05, 0) is 55.7 Å². The summed E-state index contributed by atoms with van der Waals surface area (Å²) in [6, 6.07) is 0.360. The van der Waals surface area contributed by atoms with Gasteiger partial charge in [0, 0.05) is 5.41 Å². The number of nitrogens with zero attached hydrogens (tertiary/aromatic N) is 1. The molecule has 1 fully saturated rings. The molecule has 18 heavy (non-hydrogen) atoms. The van der Waals surface area contributed by atoms with E-state index in [1.165, 1.54) is 25.7 Å². The van der Waals surface area contributed by atoms with Crippen LogP contribution in [-0.2, 0) is 0 Å². The highest BCUT2D eigenvalue weighted by Gasteiger charge is 2.50. The van der Waals surface area contributed by atoms with Gasteiger partial charge in [0.05, 0.1) is 11.2 Å². The van der Waals surface area contributed by atoms with E-state index in [4.69, 9.17) is 12.2 Å². The summed E-state index contributed by atoms with van der Waals surface area (Å²) in [5, 5.41) is 2.66. The van der Waals surface area contributed by atoms with Crippen LogP contribution in [0.1, 0.15) is 53.4 Å². The fourth-order valence-electron chi connectivity index (χ4n) is 3.98. The maximum Gasteiger partial charge on any atom is 0.0721 e. The lowest BCUT2D eigenvalue weighted by molar-refractivity contribution is 0.186. The highest BCUT2D eigenvalue weighted by Crippen LogP contribution is 2.54. The molecule has 0 bridgehead atoms. The molecule has 0 aromatic heterocycles. The van der Waals surface area contributed by atoms with Crippen LogP contribution >= 0.6 is 12.2 Å². The second kappa shape index (κ2) is 5.27. The minimum absolute atomic E-state index is 0.267. The third-order valence-corrected chi connectivity index (χ3v) is 5.40. The van der Waals surface area contributed by atoms with Crippen LogP contribution in [0.5, 0.6) is 0 Å². The van der Waals surface area contributed by atoms with E-state index in [1.54, 1.807) is 5.57 Å². The van der Waals surface area contributed by atoms with Gasteiger partial charge in [0.25, 0.3) is 0 Å². The summed E-state index contributed by atoms with van der Waals surface area (Å²) in [6.07, 6.45) is 7.70. The maximum atomic E-state index is 4.88. The highest BCUT2D eigenvalue weighted by molar-refractivity contribution is 7.78. The quantitative estimate of drug-likeness (QED) is 0.393. The Kier molecular flexibility index (Phi) is 4.08. The van der Waals surface area contributed by atoms with Crippen molar-refractivity contribution in [1.29, 1.82) is 0 Å². The minimum atomic E-state index is 0.267. The minimum Gasteiger partial charge on any atom is -0.228 e. The first-order valence-electron chi connectivity index (χ1n) is 7.30. The molecule has 2 aliphatic rings. The normalized spacial score (nSPS) is 39.8. The summed E-state index contributed by atoms with van der Waals surface area (Å²) >= 11 is 4.88. The van der Waals surface area contributed by atoms with Gasteiger partial charge in [0.1, 0.15) is 0 Å². The molecule has 0 aromatic rings. The summed E-state index contributed by atoms with van der Waals surface area (Å²) in [6.45, 7) is 9.34. The van der Waals surface area contributed by atoms with Gasteiger partial charge in [-0.25, -0.2) is 4.99 Å². The fraction of sp³-hybridized carbons (Fsp3) is 0.812. The molecule has 0 aromatic carbocycles. The van der Waals surface area contributed by atoms with Gasteiger partial charge in [-0.15, -0.1) is 0 Å². The van der Waals surface area contributed by atoms with Crippen molar-refractivity contribution in [2.45, 2.75) is 59.4 Å². The first kappa shape index (κ1) is 14.0. The summed E-state index contributed by atoms with van der Waals surface area (Å²) in [4.78, 5) is 4.55. The molecule has 1 saturated carbocycles. The van der Waals surface area contributed by atoms with Crippen LogP contribution < -0.4 is 0 Å². The Morgan fingerprint density at radius 1 is 1.39 bits per heavy atom. The van der Waals surface area contributed by atoms with Gasteiger partial charge >= 0.3 is 0 Å². The molecule has 4 atom stereocenters. The van der Waals surface area contributed by atoms with Crippen molar-refractivity contribution < 1.29 is 0 Å². The first-order valence-corrected chi connectivity index (χ1v) is 7.70. The third-order valence-electron chi connectivity index (χ3n) is 5.29. The van der Waals surface area contributed by atoms with Crippen LogP contribution in [0.15, 0.2) is 16.6 Å². The van der Waals surface area contributed by atoms with Crippen molar-refractivity contribution in [3.05, 3.63) is 11.6 Å². The van der Waals surface area contributed by atoms with E-state index < -0.39 is 0 Å². The van der Waals surface area contributed by atoms with Crippen molar-refractivity contribution in [1.82, 2.24) is 0 Å². The monoisotopic (exact) mass is 263 g/mol. The molecule has 0 radical (unpaired) electrons. The smallest absolute Gasteiger partial charge is 0.0721 e. The number of isothiocyanates is 1. The molecule has 0 saturated heterocycles. The summed E-state index contributed by atoms with van der Waals surface area (Å²) < 4.78 is 0. The molecular formula is C16H25NS. The number of hydrogen-bond donors (Lipinski definition) is 0. The molecule has 2 rings (SSSR count). The van der Waals surface area contributed by atoms with Crippen molar-refractivity contribution in [2.24, 2.45) is 28.2 Å². The zero-order valence-electron chi connectivity index (χ0n) is 12.1. The Morgan fingerprint density at radius 3 is 2.72 bits per heavy atom. The molecule has 0 N–H and O–H groups in total. The Morgan fingerprint density at radius 2 is 2.11 bits per heavy atom. The Labute approximate surface area is 117 Å². The molecule has 2 aliphatic carbocycles. The molecule has 1 spiro atoms. The van der Waals surface area contributed by atoms with Crippen LogP contribution in [0, 0.1) is 23.2 Å². The topological polar surface area (TPSA) is 12.4 Å². The molecule has 100 valence electrons. The van der Waals surface area contributed by atoms with E-state index in [-0.39, 0.29) is 5.41 Å². The average Bonchev–Trinajstić information content (AvgIpc) is 2.63. The lowest BCUT2D eigenvalue weighted by Gasteiger charge is -2.42. The van der Waals surface area contributed by atoms with Gasteiger partial charge in [-0.1, -0.05) is 39.3 Å². The number of rotatable bonds is 2. The SMILES string of the molecule is CC(C)C1=CC2(CCC(C)C2N=C=S)C(C)CC1. The first-order chi connectivity index (χ1) is 8.51.